The zero-order chi connectivity index (χ0) is 17.7. The molecule has 1 atom stereocenters. The quantitative estimate of drug-likeness (QED) is 0.888. The maximum atomic E-state index is 13.2. The van der Waals surface area contributed by atoms with E-state index in [2.05, 4.69) is 11.8 Å². The van der Waals surface area contributed by atoms with Gasteiger partial charge in [0, 0.05) is 11.8 Å². The molecule has 25 heavy (non-hydrogen) atoms. The van der Waals surface area contributed by atoms with Gasteiger partial charge in [-0.15, -0.1) is 0 Å². The van der Waals surface area contributed by atoms with Crippen molar-refractivity contribution in [2.45, 2.75) is 30.6 Å². The molecule has 0 saturated carbocycles. The van der Waals surface area contributed by atoms with Gasteiger partial charge in [0.05, 0.1) is 0 Å². The highest BCUT2D eigenvalue weighted by Crippen LogP contribution is 2.37. The second-order valence-electron chi connectivity index (χ2n) is 6.51. The summed E-state index contributed by atoms with van der Waals surface area (Å²) in [5.41, 5.74) is -0.356. The molecule has 0 spiro atoms. The van der Waals surface area contributed by atoms with Gasteiger partial charge in [-0.1, -0.05) is 79.3 Å². The molecular formula is C21H25NO2S. The lowest BCUT2D eigenvalue weighted by Gasteiger charge is -2.33. The molecule has 132 valence electrons. The Morgan fingerprint density at radius 2 is 1.68 bits per heavy atom. The number of hydrogen-bond donors (Lipinski definition) is 1. The number of thioether (sulfide) groups is 1. The van der Waals surface area contributed by atoms with Crippen LogP contribution in [0, 0.1) is 0 Å². The van der Waals surface area contributed by atoms with Crippen molar-refractivity contribution in [1.29, 1.82) is 0 Å². The molecule has 1 aliphatic rings. The number of nitrogens with zero attached hydrogens (tertiary/aromatic N) is 1. The van der Waals surface area contributed by atoms with Crippen molar-refractivity contribution in [3.8, 4) is 0 Å². The molecule has 0 aromatic heterocycles. The van der Waals surface area contributed by atoms with Crippen molar-refractivity contribution < 1.29 is 9.90 Å². The number of carbonyl (C=O) groups is 1. The van der Waals surface area contributed by atoms with Gasteiger partial charge in [-0.2, -0.15) is 0 Å². The number of aliphatic hydroxyl groups is 1. The maximum absolute atomic E-state index is 13.2. The molecule has 3 nitrogen and oxygen atoms in total. The zero-order valence-corrected chi connectivity index (χ0v) is 15.4. The van der Waals surface area contributed by atoms with Crippen LogP contribution in [0.15, 0.2) is 60.7 Å². The number of carbonyl (C=O) groups excluding carboxylic acids is 1. The van der Waals surface area contributed by atoms with E-state index in [4.69, 9.17) is 0 Å². The molecule has 1 aliphatic heterocycles. The van der Waals surface area contributed by atoms with Crippen molar-refractivity contribution in [2.24, 2.45) is 0 Å². The Kier molecular flexibility index (Phi) is 5.94. The first-order chi connectivity index (χ1) is 12.1. The van der Waals surface area contributed by atoms with Crippen LogP contribution in [-0.2, 0) is 10.4 Å². The lowest BCUT2D eigenvalue weighted by atomic mass is 9.87. The van der Waals surface area contributed by atoms with E-state index < -0.39 is 5.60 Å². The van der Waals surface area contributed by atoms with Crippen LogP contribution in [0.1, 0.15) is 30.9 Å². The van der Waals surface area contributed by atoms with Crippen LogP contribution in [0.25, 0.3) is 0 Å². The molecule has 4 heteroatoms. The van der Waals surface area contributed by atoms with Crippen LogP contribution in [0.4, 0.5) is 0 Å². The van der Waals surface area contributed by atoms with Crippen molar-refractivity contribution in [1.82, 2.24) is 4.90 Å². The Labute approximate surface area is 154 Å². The highest BCUT2D eigenvalue weighted by molar-refractivity contribution is 8.14. The molecular weight excluding hydrogens is 330 g/mol. The van der Waals surface area contributed by atoms with Gasteiger partial charge in [0.15, 0.2) is 5.60 Å². The van der Waals surface area contributed by atoms with E-state index in [0.29, 0.717) is 11.1 Å². The SMILES string of the molecule is CCN1CCC[C@@H](SC(=O)C(O)(c2ccccc2)c2ccccc2)C1. The minimum Gasteiger partial charge on any atom is -0.372 e. The van der Waals surface area contributed by atoms with E-state index in [-0.39, 0.29) is 10.4 Å². The largest absolute Gasteiger partial charge is 0.372 e. The average Bonchev–Trinajstić information content (AvgIpc) is 2.68. The molecule has 2 aromatic carbocycles. The van der Waals surface area contributed by atoms with Crippen LogP contribution in [0.3, 0.4) is 0 Å². The molecule has 0 radical (unpaired) electrons. The summed E-state index contributed by atoms with van der Waals surface area (Å²) in [6.07, 6.45) is 2.13. The molecule has 1 N–H and O–H groups in total. The third-order valence-electron chi connectivity index (χ3n) is 4.86. The fourth-order valence-electron chi connectivity index (χ4n) is 3.39. The first kappa shape index (κ1) is 18.2. The molecule has 0 amide bonds. The minimum absolute atomic E-state index is 0.187. The predicted molar refractivity (Wildman–Crippen MR) is 104 cm³/mol. The van der Waals surface area contributed by atoms with E-state index >= 15 is 0 Å². The predicted octanol–water partition coefficient (Wildman–Crippen LogP) is 3.67. The average molecular weight is 356 g/mol. The lowest BCUT2D eigenvalue weighted by Crippen LogP contribution is -2.40. The van der Waals surface area contributed by atoms with Gasteiger partial charge in [0.2, 0.25) is 5.12 Å². The monoisotopic (exact) mass is 355 g/mol. The third kappa shape index (κ3) is 3.97. The second-order valence-corrected chi connectivity index (χ2v) is 7.78. The first-order valence-corrected chi connectivity index (χ1v) is 9.79. The summed E-state index contributed by atoms with van der Waals surface area (Å²) in [4.78, 5) is 15.6. The van der Waals surface area contributed by atoms with E-state index in [9.17, 15) is 9.90 Å². The van der Waals surface area contributed by atoms with Gasteiger partial charge >= 0.3 is 0 Å². The number of hydrogen-bond acceptors (Lipinski definition) is 4. The molecule has 0 bridgehead atoms. The maximum Gasteiger partial charge on any atom is 0.230 e. The molecule has 1 heterocycles. The highest BCUT2D eigenvalue weighted by atomic mass is 32.2. The second kappa shape index (κ2) is 8.17. The minimum atomic E-state index is -1.61. The fraction of sp³-hybridized carbons (Fsp3) is 0.381. The topological polar surface area (TPSA) is 40.5 Å². The summed E-state index contributed by atoms with van der Waals surface area (Å²) in [6.45, 7) is 5.17. The molecule has 3 rings (SSSR count). The van der Waals surface area contributed by atoms with Gasteiger partial charge in [0.1, 0.15) is 0 Å². The van der Waals surface area contributed by atoms with E-state index in [0.717, 1.165) is 32.5 Å². The lowest BCUT2D eigenvalue weighted by molar-refractivity contribution is -0.124. The van der Waals surface area contributed by atoms with Crippen molar-refractivity contribution in [3.63, 3.8) is 0 Å². The normalized spacial score (nSPS) is 18.9. The molecule has 1 fully saturated rings. The van der Waals surface area contributed by atoms with E-state index in [1.54, 1.807) is 0 Å². The van der Waals surface area contributed by atoms with Gasteiger partial charge in [-0.25, -0.2) is 0 Å². The Hall–Kier alpha value is -1.62. The third-order valence-corrected chi connectivity index (χ3v) is 6.09. The van der Waals surface area contributed by atoms with Gasteiger partial charge in [-0.3, -0.25) is 4.79 Å². The first-order valence-electron chi connectivity index (χ1n) is 8.91. The number of benzene rings is 2. The Bertz CT molecular complexity index is 650. The Balaban J connectivity index is 1.88. The molecule has 0 aliphatic carbocycles. The summed E-state index contributed by atoms with van der Waals surface area (Å²) in [5.74, 6) is 0. The van der Waals surface area contributed by atoms with Crippen LogP contribution in [0.5, 0.6) is 0 Å². The van der Waals surface area contributed by atoms with Gasteiger partial charge < -0.3 is 10.0 Å². The van der Waals surface area contributed by atoms with Crippen molar-refractivity contribution in [2.75, 3.05) is 19.6 Å². The summed E-state index contributed by atoms with van der Waals surface area (Å²) in [5, 5.41) is 11.5. The molecule has 1 saturated heterocycles. The number of likely N-dealkylation sites (tertiary alicyclic amines) is 1. The molecule has 2 aromatic rings. The van der Waals surface area contributed by atoms with Gasteiger partial charge in [0.25, 0.3) is 0 Å². The van der Waals surface area contributed by atoms with Crippen molar-refractivity contribution >= 4 is 16.9 Å². The summed E-state index contributed by atoms with van der Waals surface area (Å²) >= 11 is 1.31. The van der Waals surface area contributed by atoms with E-state index in [1.165, 1.54) is 11.8 Å². The van der Waals surface area contributed by atoms with Crippen LogP contribution in [-0.4, -0.2) is 40.0 Å². The number of rotatable bonds is 5. The van der Waals surface area contributed by atoms with Crippen LogP contribution >= 0.6 is 11.8 Å². The summed E-state index contributed by atoms with van der Waals surface area (Å²) < 4.78 is 0. The summed E-state index contributed by atoms with van der Waals surface area (Å²) in [7, 11) is 0. The van der Waals surface area contributed by atoms with Gasteiger partial charge in [-0.05, 0) is 37.1 Å². The van der Waals surface area contributed by atoms with E-state index in [1.807, 2.05) is 60.7 Å². The summed E-state index contributed by atoms with van der Waals surface area (Å²) in [6, 6.07) is 18.5. The Morgan fingerprint density at radius 3 is 2.20 bits per heavy atom. The van der Waals surface area contributed by atoms with Crippen LogP contribution in [0.2, 0.25) is 0 Å². The standard InChI is InChI=1S/C21H25NO2S/c1-2-22-15-9-14-19(16-22)25-20(23)21(24,17-10-5-3-6-11-17)18-12-7-4-8-13-18/h3-8,10-13,19,24H,2,9,14-16H2,1H3/t19-/m1/s1. The fourth-order valence-corrected chi connectivity index (χ4v) is 4.67. The Morgan fingerprint density at radius 1 is 1.12 bits per heavy atom. The highest BCUT2D eigenvalue weighted by Gasteiger charge is 2.41. The van der Waals surface area contributed by atoms with Crippen LogP contribution < -0.4 is 0 Å². The molecule has 0 unspecified atom stereocenters. The number of piperidine rings is 1. The smallest absolute Gasteiger partial charge is 0.230 e. The zero-order valence-electron chi connectivity index (χ0n) is 14.6. The van der Waals surface area contributed by atoms with Crippen molar-refractivity contribution in [3.05, 3.63) is 71.8 Å².